The van der Waals surface area contributed by atoms with Crippen molar-refractivity contribution in [3.63, 3.8) is 0 Å². The van der Waals surface area contributed by atoms with Crippen molar-refractivity contribution >= 4 is 11.4 Å². The van der Waals surface area contributed by atoms with Gasteiger partial charge in [0.15, 0.2) is 0 Å². The Bertz CT molecular complexity index is 796. The van der Waals surface area contributed by atoms with Crippen molar-refractivity contribution in [2.45, 2.75) is 13.5 Å². The molecular formula is C20H24N4O. The van der Waals surface area contributed by atoms with E-state index in [1.165, 1.54) is 5.56 Å². The molecule has 5 nitrogen and oxygen atoms in total. The van der Waals surface area contributed by atoms with Crippen molar-refractivity contribution in [3.8, 4) is 5.69 Å². The van der Waals surface area contributed by atoms with E-state index in [9.17, 15) is 0 Å². The minimum absolute atomic E-state index is 0.154. The number of benzene rings is 2. The third-order valence-corrected chi connectivity index (χ3v) is 4.25. The molecule has 0 atom stereocenters. The first-order valence-electron chi connectivity index (χ1n) is 8.44. The molecule has 2 aromatic carbocycles. The molecule has 1 heterocycles. The van der Waals surface area contributed by atoms with E-state index >= 15 is 0 Å². The molecule has 0 aliphatic carbocycles. The molecule has 0 saturated carbocycles. The highest BCUT2D eigenvalue weighted by atomic mass is 16.3. The molecule has 0 radical (unpaired) electrons. The second-order valence-corrected chi connectivity index (χ2v) is 6.07. The number of aromatic nitrogens is 2. The van der Waals surface area contributed by atoms with E-state index in [4.69, 9.17) is 5.11 Å². The first-order chi connectivity index (χ1) is 12.2. The Balaban J connectivity index is 1.65. The molecule has 0 saturated heterocycles. The van der Waals surface area contributed by atoms with Crippen LogP contribution >= 0.6 is 0 Å². The zero-order valence-corrected chi connectivity index (χ0v) is 14.7. The Morgan fingerprint density at radius 1 is 1.08 bits per heavy atom. The third kappa shape index (κ3) is 4.19. The topological polar surface area (TPSA) is 53.3 Å². The summed E-state index contributed by atoms with van der Waals surface area (Å²) in [4.78, 5) is 2.03. The number of nitrogens with zero attached hydrogens (tertiary/aromatic N) is 3. The van der Waals surface area contributed by atoms with Crippen LogP contribution in [0.25, 0.3) is 5.69 Å². The molecule has 0 aliphatic heterocycles. The van der Waals surface area contributed by atoms with Gasteiger partial charge in [0.25, 0.3) is 0 Å². The normalized spacial score (nSPS) is 10.7. The summed E-state index contributed by atoms with van der Waals surface area (Å²) in [7, 11) is 1.97. The molecular weight excluding hydrogens is 312 g/mol. The van der Waals surface area contributed by atoms with Crippen LogP contribution in [0, 0.1) is 6.92 Å². The molecule has 5 heteroatoms. The largest absolute Gasteiger partial charge is 0.395 e. The SMILES string of the molecule is Cc1nn(-c2ccccc2)cc1CNc1ccc(N(C)CCO)cc1. The van der Waals surface area contributed by atoms with E-state index in [2.05, 4.69) is 40.9 Å². The van der Waals surface area contributed by atoms with Crippen molar-refractivity contribution in [3.05, 3.63) is 72.1 Å². The predicted octanol–water partition coefficient (Wildman–Crippen LogP) is 3.22. The Morgan fingerprint density at radius 2 is 1.80 bits per heavy atom. The van der Waals surface area contributed by atoms with Gasteiger partial charge in [-0.05, 0) is 43.3 Å². The zero-order valence-electron chi connectivity index (χ0n) is 14.7. The molecule has 3 rings (SSSR count). The maximum atomic E-state index is 9.01. The van der Waals surface area contributed by atoms with E-state index in [0.717, 1.165) is 29.3 Å². The van der Waals surface area contributed by atoms with Crippen molar-refractivity contribution in [2.75, 3.05) is 30.4 Å². The van der Waals surface area contributed by atoms with E-state index in [0.29, 0.717) is 6.54 Å². The van der Waals surface area contributed by atoms with Gasteiger partial charge in [0.1, 0.15) is 0 Å². The summed E-state index contributed by atoms with van der Waals surface area (Å²) >= 11 is 0. The highest BCUT2D eigenvalue weighted by molar-refractivity contribution is 5.55. The minimum atomic E-state index is 0.154. The summed E-state index contributed by atoms with van der Waals surface area (Å²) < 4.78 is 1.92. The third-order valence-electron chi connectivity index (χ3n) is 4.25. The fourth-order valence-corrected chi connectivity index (χ4v) is 2.69. The number of aliphatic hydroxyl groups excluding tert-OH is 1. The minimum Gasteiger partial charge on any atom is -0.395 e. The van der Waals surface area contributed by atoms with Crippen LogP contribution in [0.2, 0.25) is 0 Å². The fourth-order valence-electron chi connectivity index (χ4n) is 2.69. The number of aliphatic hydroxyl groups is 1. The van der Waals surface area contributed by atoms with Gasteiger partial charge in [0.05, 0.1) is 18.0 Å². The Labute approximate surface area is 148 Å². The average molecular weight is 336 g/mol. The van der Waals surface area contributed by atoms with E-state index in [1.807, 2.05) is 53.9 Å². The van der Waals surface area contributed by atoms with Crippen molar-refractivity contribution in [1.29, 1.82) is 0 Å². The van der Waals surface area contributed by atoms with Crippen LogP contribution in [-0.2, 0) is 6.54 Å². The number of aryl methyl sites for hydroxylation is 1. The van der Waals surface area contributed by atoms with Gasteiger partial charge < -0.3 is 15.3 Å². The fraction of sp³-hybridized carbons (Fsp3) is 0.250. The van der Waals surface area contributed by atoms with Gasteiger partial charge in [-0.25, -0.2) is 4.68 Å². The summed E-state index contributed by atoms with van der Waals surface area (Å²) in [5.41, 5.74) is 5.41. The number of anilines is 2. The number of hydrogen-bond acceptors (Lipinski definition) is 4. The van der Waals surface area contributed by atoms with Gasteiger partial charge >= 0.3 is 0 Å². The molecule has 3 aromatic rings. The van der Waals surface area contributed by atoms with E-state index in [-0.39, 0.29) is 6.61 Å². The first-order valence-corrected chi connectivity index (χ1v) is 8.44. The number of nitrogens with one attached hydrogen (secondary N) is 1. The van der Waals surface area contributed by atoms with Gasteiger partial charge in [0.2, 0.25) is 0 Å². The average Bonchev–Trinajstić information content (AvgIpc) is 3.02. The highest BCUT2D eigenvalue weighted by Gasteiger charge is 2.06. The lowest BCUT2D eigenvalue weighted by molar-refractivity contribution is 0.304. The summed E-state index contributed by atoms with van der Waals surface area (Å²) in [5, 5.41) is 17.1. The van der Waals surface area contributed by atoms with Crippen LogP contribution in [0.4, 0.5) is 11.4 Å². The van der Waals surface area contributed by atoms with Crippen molar-refractivity contribution in [2.24, 2.45) is 0 Å². The molecule has 2 N–H and O–H groups in total. The molecule has 0 bridgehead atoms. The van der Waals surface area contributed by atoms with Crippen LogP contribution in [0.3, 0.4) is 0 Å². The lowest BCUT2D eigenvalue weighted by Gasteiger charge is -2.18. The number of para-hydroxylation sites is 1. The number of rotatable bonds is 7. The quantitative estimate of drug-likeness (QED) is 0.695. The van der Waals surface area contributed by atoms with Crippen molar-refractivity contribution < 1.29 is 5.11 Å². The van der Waals surface area contributed by atoms with Crippen LogP contribution in [-0.4, -0.2) is 35.1 Å². The molecule has 25 heavy (non-hydrogen) atoms. The second kappa shape index (κ2) is 7.85. The maximum Gasteiger partial charge on any atom is 0.0647 e. The van der Waals surface area contributed by atoms with Crippen LogP contribution in [0.5, 0.6) is 0 Å². The molecule has 130 valence electrons. The van der Waals surface area contributed by atoms with Gasteiger partial charge in [-0.3, -0.25) is 0 Å². The molecule has 0 amide bonds. The Hall–Kier alpha value is -2.79. The molecule has 0 unspecified atom stereocenters. The number of hydrogen-bond donors (Lipinski definition) is 2. The van der Waals surface area contributed by atoms with Crippen LogP contribution in [0.15, 0.2) is 60.8 Å². The number of likely N-dealkylation sites (N-methyl/N-ethyl adjacent to an activating group) is 1. The lowest BCUT2D eigenvalue weighted by Crippen LogP contribution is -2.20. The van der Waals surface area contributed by atoms with Crippen LogP contribution < -0.4 is 10.2 Å². The summed E-state index contributed by atoms with van der Waals surface area (Å²) in [6.45, 7) is 3.54. The zero-order chi connectivity index (χ0) is 17.6. The van der Waals surface area contributed by atoms with Gasteiger partial charge in [0, 0.05) is 43.3 Å². The smallest absolute Gasteiger partial charge is 0.0647 e. The highest BCUT2D eigenvalue weighted by Crippen LogP contribution is 2.18. The molecule has 0 fully saturated rings. The predicted molar refractivity (Wildman–Crippen MR) is 102 cm³/mol. The van der Waals surface area contributed by atoms with E-state index in [1.54, 1.807) is 0 Å². The van der Waals surface area contributed by atoms with Gasteiger partial charge in [-0.2, -0.15) is 5.10 Å². The maximum absolute atomic E-state index is 9.01. The molecule has 1 aromatic heterocycles. The van der Waals surface area contributed by atoms with Gasteiger partial charge in [-0.15, -0.1) is 0 Å². The second-order valence-electron chi connectivity index (χ2n) is 6.07. The summed E-state index contributed by atoms with van der Waals surface area (Å²) in [5.74, 6) is 0. The Kier molecular flexibility index (Phi) is 5.36. The van der Waals surface area contributed by atoms with Gasteiger partial charge in [-0.1, -0.05) is 18.2 Å². The molecule has 0 aliphatic rings. The van der Waals surface area contributed by atoms with E-state index < -0.39 is 0 Å². The monoisotopic (exact) mass is 336 g/mol. The summed E-state index contributed by atoms with van der Waals surface area (Å²) in [6, 6.07) is 18.3. The lowest BCUT2D eigenvalue weighted by atomic mass is 10.2. The standard InChI is InChI=1S/C20H24N4O/c1-16-17(15-24(22-16)20-6-4-3-5-7-20)14-21-18-8-10-19(11-9-18)23(2)12-13-25/h3-11,15,21,25H,12-14H2,1-2H3. The van der Waals surface area contributed by atoms with Crippen LogP contribution in [0.1, 0.15) is 11.3 Å². The Morgan fingerprint density at radius 3 is 2.48 bits per heavy atom. The summed E-state index contributed by atoms with van der Waals surface area (Å²) in [6.07, 6.45) is 2.07. The van der Waals surface area contributed by atoms with Crippen molar-refractivity contribution in [1.82, 2.24) is 9.78 Å². The molecule has 0 spiro atoms. The first kappa shape index (κ1) is 17.0.